The summed E-state index contributed by atoms with van der Waals surface area (Å²) in [7, 11) is 0. The molecule has 1 aromatic heterocycles. The average Bonchev–Trinajstić information content (AvgIpc) is 2.97. The van der Waals surface area contributed by atoms with Crippen molar-refractivity contribution in [3.8, 4) is 11.5 Å². The molecule has 2 aliphatic rings. The fraction of sp³-hybridized carbons (Fsp3) is 0.647. The number of alkyl carbamates (subject to hydrolysis) is 1. The van der Waals surface area contributed by atoms with Crippen molar-refractivity contribution in [2.45, 2.75) is 104 Å². The van der Waals surface area contributed by atoms with Gasteiger partial charge in [0.25, 0.3) is 5.91 Å². The quantitative estimate of drug-likeness (QED) is 0.330. The number of carbonyl (C=O) groups excluding carboxylic acids is 2. The van der Waals surface area contributed by atoms with Gasteiger partial charge in [-0.25, -0.2) is 19.2 Å². The van der Waals surface area contributed by atoms with E-state index in [1.54, 1.807) is 11.1 Å². The maximum absolute atomic E-state index is 14.3. The fourth-order valence-electron chi connectivity index (χ4n) is 6.32. The van der Waals surface area contributed by atoms with Crippen LogP contribution >= 0.6 is 0 Å². The van der Waals surface area contributed by atoms with E-state index in [1.807, 2.05) is 48.5 Å². The summed E-state index contributed by atoms with van der Waals surface area (Å²) < 4.78 is 26.0. The van der Waals surface area contributed by atoms with Crippen LogP contribution in [0.5, 0.6) is 11.5 Å². The van der Waals surface area contributed by atoms with Gasteiger partial charge >= 0.3 is 6.09 Å². The number of halogens is 1. The number of aromatic nitrogens is 2. The van der Waals surface area contributed by atoms with Gasteiger partial charge in [-0.3, -0.25) is 9.69 Å². The monoisotopic (exact) mass is 626 g/mol. The van der Waals surface area contributed by atoms with E-state index in [0.717, 1.165) is 64.8 Å². The second-order valence-electron chi connectivity index (χ2n) is 13.8. The smallest absolute Gasteiger partial charge is 0.407 e. The number of benzene rings is 1. The average molecular weight is 627 g/mol. The molecule has 0 spiro atoms. The van der Waals surface area contributed by atoms with Crippen LogP contribution in [0.4, 0.5) is 15.0 Å². The van der Waals surface area contributed by atoms with E-state index in [9.17, 15) is 14.0 Å². The number of carbonyl (C=O) groups is 2. The topological polar surface area (TPSA) is 100 Å². The standard InChI is InChI=1S/C34H51FN6O4/c1-23(2)41(24(3)4)32(42)28-20-26(35)10-13-29(28)44-30-21-36-22-37-31(30)40-18-16-39(17-19-40)15-14-25-8-11-27(12-9-25)38-33(43)45-34(5,6)7/h10,13,20-25,27H,8-9,11-12,14-19H2,1-7H3,(H,38,43)/t25-,27-. The summed E-state index contributed by atoms with van der Waals surface area (Å²) in [4.78, 5) is 40.7. The number of nitrogens with one attached hydrogen (secondary N) is 1. The van der Waals surface area contributed by atoms with E-state index < -0.39 is 11.4 Å². The molecule has 10 nitrogen and oxygen atoms in total. The Balaban J connectivity index is 1.30. The van der Waals surface area contributed by atoms with Crippen molar-refractivity contribution in [2.24, 2.45) is 5.92 Å². The molecule has 248 valence electrons. The lowest BCUT2D eigenvalue weighted by Crippen LogP contribution is -2.47. The highest BCUT2D eigenvalue weighted by atomic mass is 19.1. The first-order valence-corrected chi connectivity index (χ1v) is 16.4. The normalized spacial score (nSPS) is 19.5. The molecule has 1 N–H and O–H groups in total. The van der Waals surface area contributed by atoms with Crippen LogP contribution in [0.25, 0.3) is 0 Å². The summed E-state index contributed by atoms with van der Waals surface area (Å²) >= 11 is 0. The van der Waals surface area contributed by atoms with Crippen molar-refractivity contribution in [3.05, 3.63) is 42.1 Å². The number of hydrogen-bond donors (Lipinski definition) is 1. The van der Waals surface area contributed by atoms with Gasteiger partial charge in [0, 0.05) is 44.3 Å². The Hall–Kier alpha value is -3.47. The second-order valence-corrected chi connectivity index (χ2v) is 13.8. The van der Waals surface area contributed by atoms with Gasteiger partial charge in [0.15, 0.2) is 11.6 Å². The molecule has 1 aromatic carbocycles. The van der Waals surface area contributed by atoms with Crippen molar-refractivity contribution in [3.63, 3.8) is 0 Å². The summed E-state index contributed by atoms with van der Waals surface area (Å²) in [5.41, 5.74) is -0.310. The van der Waals surface area contributed by atoms with Gasteiger partial charge in [0.2, 0.25) is 0 Å². The Morgan fingerprint density at radius 3 is 2.31 bits per heavy atom. The summed E-state index contributed by atoms with van der Waals surface area (Å²) in [5.74, 6) is 1.25. The van der Waals surface area contributed by atoms with Crippen molar-refractivity contribution in [2.75, 3.05) is 37.6 Å². The Bertz CT molecular complexity index is 1280. The van der Waals surface area contributed by atoms with E-state index in [1.165, 1.54) is 24.5 Å². The Kier molecular flexibility index (Phi) is 11.6. The minimum atomic E-state index is -0.496. The van der Waals surface area contributed by atoms with Gasteiger partial charge in [0.1, 0.15) is 23.5 Å². The van der Waals surface area contributed by atoms with Crippen molar-refractivity contribution >= 4 is 17.8 Å². The molecule has 11 heteroatoms. The lowest BCUT2D eigenvalue weighted by atomic mass is 9.84. The Labute approximate surface area is 267 Å². The first-order chi connectivity index (χ1) is 21.3. The molecule has 4 rings (SSSR count). The number of nitrogens with zero attached hydrogens (tertiary/aromatic N) is 5. The molecule has 1 aliphatic heterocycles. The van der Waals surface area contributed by atoms with E-state index in [0.29, 0.717) is 17.5 Å². The molecule has 0 bridgehead atoms. The summed E-state index contributed by atoms with van der Waals surface area (Å²) in [5, 5.41) is 3.03. The molecule has 0 atom stereocenters. The number of amides is 2. The molecular formula is C34H51FN6O4. The molecule has 45 heavy (non-hydrogen) atoms. The van der Waals surface area contributed by atoms with Gasteiger partial charge in [-0.2, -0.15) is 0 Å². The molecule has 0 unspecified atom stereocenters. The van der Waals surface area contributed by atoms with E-state index in [-0.39, 0.29) is 41.4 Å². The van der Waals surface area contributed by atoms with Gasteiger partial charge in [0.05, 0.1) is 11.8 Å². The van der Waals surface area contributed by atoms with Crippen LogP contribution in [0.2, 0.25) is 0 Å². The van der Waals surface area contributed by atoms with Crippen molar-refractivity contribution in [1.29, 1.82) is 0 Å². The zero-order valence-electron chi connectivity index (χ0n) is 28.0. The molecule has 2 aromatic rings. The zero-order chi connectivity index (χ0) is 32.7. The number of ether oxygens (including phenoxy) is 2. The van der Waals surface area contributed by atoms with Gasteiger partial charge in [-0.15, -0.1) is 0 Å². The summed E-state index contributed by atoms with van der Waals surface area (Å²) in [6.45, 7) is 17.8. The highest BCUT2D eigenvalue weighted by Gasteiger charge is 2.28. The first-order valence-electron chi connectivity index (χ1n) is 16.4. The van der Waals surface area contributed by atoms with Crippen LogP contribution < -0.4 is 15.0 Å². The maximum atomic E-state index is 14.3. The van der Waals surface area contributed by atoms with Gasteiger partial charge in [-0.05, 0) is 111 Å². The summed E-state index contributed by atoms with van der Waals surface area (Å²) in [6, 6.07) is 4.11. The number of piperazine rings is 1. The van der Waals surface area contributed by atoms with Crippen LogP contribution in [0.3, 0.4) is 0 Å². The molecule has 1 saturated heterocycles. The number of anilines is 1. The van der Waals surface area contributed by atoms with Crippen LogP contribution in [-0.2, 0) is 4.74 Å². The highest BCUT2D eigenvalue weighted by molar-refractivity contribution is 5.97. The molecule has 2 fully saturated rings. The lowest BCUT2D eigenvalue weighted by molar-refractivity contribution is 0.0485. The molecule has 0 radical (unpaired) electrons. The minimum absolute atomic E-state index is 0.0586. The third-order valence-corrected chi connectivity index (χ3v) is 8.49. The van der Waals surface area contributed by atoms with E-state index in [2.05, 4.69) is 25.1 Å². The number of rotatable bonds is 10. The van der Waals surface area contributed by atoms with Gasteiger partial charge in [-0.1, -0.05) is 0 Å². The van der Waals surface area contributed by atoms with Crippen molar-refractivity contribution in [1.82, 2.24) is 25.1 Å². The molecular weight excluding hydrogens is 575 g/mol. The molecule has 2 heterocycles. The van der Waals surface area contributed by atoms with Gasteiger partial charge < -0.3 is 24.6 Å². The van der Waals surface area contributed by atoms with Crippen LogP contribution in [0.1, 0.15) is 90.9 Å². The molecule has 1 aliphatic carbocycles. The highest BCUT2D eigenvalue weighted by Crippen LogP contribution is 2.34. The SMILES string of the molecule is CC(C)N(C(=O)c1cc(F)ccc1Oc1cncnc1N1CCN(CC[C@H]2CC[C@H](NC(=O)OC(C)(C)C)CC2)CC1)C(C)C. The predicted molar refractivity (Wildman–Crippen MR) is 173 cm³/mol. The number of hydrogen-bond acceptors (Lipinski definition) is 8. The first kappa shape index (κ1) is 34.4. The van der Waals surface area contributed by atoms with E-state index >= 15 is 0 Å². The third-order valence-electron chi connectivity index (χ3n) is 8.49. The predicted octanol–water partition coefficient (Wildman–Crippen LogP) is 6.26. The molecule has 2 amide bonds. The zero-order valence-corrected chi connectivity index (χ0v) is 28.0. The minimum Gasteiger partial charge on any atom is -0.451 e. The molecule has 1 saturated carbocycles. The Morgan fingerprint density at radius 1 is 1.02 bits per heavy atom. The largest absolute Gasteiger partial charge is 0.451 e. The maximum Gasteiger partial charge on any atom is 0.407 e. The fourth-order valence-corrected chi connectivity index (χ4v) is 6.32. The second kappa shape index (κ2) is 15.2. The summed E-state index contributed by atoms with van der Waals surface area (Å²) in [6.07, 6.45) is 8.12. The van der Waals surface area contributed by atoms with Crippen molar-refractivity contribution < 1.29 is 23.5 Å². The van der Waals surface area contributed by atoms with E-state index in [4.69, 9.17) is 9.47 Å². The Morgan fingerprint density at radius 2 is 1.69 bits per heavy atom. The van der Waals surface area contributed by atoms with Crippen LogP contribution in [0.15, 0.2) is 30.7 Å². The van der Waals surface area contributed by atoms with Crippen LogP contribution in [0, 0.1) is 11.7 Å². The third kappa shape index (κ3) is 9.76. The van der Waals surface area contributed by atoms with Crippen LogP contribution in [-0.4, -0.2) is 88.2 Å². The lowest BCUT2D eigenvalue weighted by Gasteiger charge is -2.37.